The number of hydrogen-bond donors (Lipinski definition) is 1. The first kappa shape index (κ1) is 24.5. The summed E-state index contributed by atoms with van der Waals surface area (Å²) in [5.41, 5.74) is 2.54. The lowest BCUT2D eigenvalue weighted by Crippen LogP contribution is -2.26. The van der Waals surface area contributed by atoms with Gasteiger partial charge in [-0.1, -0.05) is 61.4 Å². The number of benzene rings is 2. The molecule has 30 heavy (non-hydrogen) atoms. The molecule has 0 fully saturated rings. The van der Waals surface area contributed by atoms with E-state index >= 15 is 0 Å². The Balaban J connectivity index is 1.97. The summed E-state index contributed by atoms with van der Waals surface area (Å²) in [5, 5.41) is 9.62. The quantitative estimate of drug-likeness (QED) is 0.389. The Morgan fingerprint density at radius 3 is 2.53 bits per heavy atom. The Morgan fingerprint density at radius 1 is 1.23 bits per heavy atom. The summed E-state index contributed by atoms with van der Waals surface area (Å²) in [4.78, 5) is 11.2. The van der Waals surface area contributed by atoms with Crippen molar-refractivity contribution in [1.82, 2.24) is 0 Å². The Bertz CT molecular complexity index is 972. The van der Waals surface area contributed by atoms with Crippen molar-refractivity contribution < 1.29 is 19.4 Å². The van der Waals surface area contributed by atoms with Crippen LogP contribution in [-0.2, 0) is 16.0 Å². The van der Waals surface area contributed by atoms with Crippen LogP contribution in [0.5, 0.6) is 5.75 Å². The highest BCUT2D eigenvalue weighted by Crippen LogP contribution is 2.26. The van der Waals surface area contributed by atoms with Gasteiger partial charge in [-0.05, 0) is 61.4 Å². The lowest BCUT2D eigenvalue weighted by molar-refractivity contribution is -0.149. The monoisotopic (exact) mass is 554 g/mol. The molecule has 0 aromatic heterocycles. The Hall–Kier alpha value is -1.78. The largest absolute Gasteiger partial charge is 0.488 e. The summed E-state index contributed by atoms with van der Waals surface area (Å²) in [7, 11) is 0. The number of carboxylic acids is 1. The SMILES string of the molecule is CCO[C@@H](Cc1ccc(OCC=C(C)C#Cc2cc(Br)cc(Br)c2)c(Cl)c1)C(=O)O. The van der Waals surface area contributed by atoms with Gasteiger partial charge in [0.2, 0.25) is 0 Å². The molecule has 7 heteroatoms. The van der Waals surface area contributed by atoms with Crippen molar-refractivity contribution in [3.63, 3.8) is 0 Å². The first-order chi connectivity index (χ1) is 14.3. The molecule has 1 N–H and O–H groups in total. The van der Waals surface area contributed by atoms with Crippen molar-refractivity contribution in [2.24, 2.45) is 0 Å². The van der Waals surface area contributed by atoms with Crippen LogP contribution in [0.25, 0.3) is 0 Å². The van der Waals surface area contributed by atoms with Crippen LogP contribution in [0.1, 0.15) is 25.0 Å². The molecule has 0 bridgehead atoms. The zero-order valence-electron chi connectivity index (χ0n) is 16.5. The van der Waals surface area contributed by atoms with E-state index < -0.39 is 12.1 Å². The number of allylic oxidation sites excluding steroid dienone is 1. The van der Waals surface area contributed by atoms with E-state index in [2.05, 4.69) is 43.7 Å². The maximum atomic E-state index is 11.2. The van der Waals surface area contributed by atoms with Crippen molar-refractivity contribution in [1.29, 1.82) is 0 Å². The fraction of sp³-hybridized carbons (Fsp3) is 0.261. The molecule has 0 aliphatic carbocycles. The summed E-state index contributed by atoms with van der Waals surface area (Å²) in [6.45, 7) is 4.32. The third kappa shape index (κ3) is 8.16. The lowest BCUT2D eigenvalue weighted by atomic mass is 10.1. The maximum absolute atomic E-state index is 11.2. The van der Waals surface area contributed by atoms with Gasteiger partial charge in [0.15, 0.2) is 6.10 Å². The first-order valence-electron chi connectivity index (χ1n) is 9.19. The molecule has 0 unspecified atom stereocenters. The van der Waals surface area contributed by atoms with E-state index in [4.69, 9.17) is 21.1 Å². The minimum atomic E-state index is -0.995. The first-order valence-corrected chi connectivity index (χ1v) is 11.2. The van der Waals surface area contributed by atoms with Gasteiger partial charge in [0.25, 0.3) is 0 Å². The molecular weight excluding hydrogens is 536 g/mol. The second-order valence-corrected chi connectivity index (χ2v) is 8.60. The Morgan fingerprint density at radius 2 is 1.93 bits per heavy atom. The molecule has 4 nitrogen and oxygen atoms in total. The van der Waals surface area contributed by atoms with Gasteiger partial charge in [-0.25, -0.2) is 4.79 Å². The van der Waals surface area contributed by atoms with Crippen LogP contribution in [-0.4, -0.2) is 30.4 Å². The number of aliphatic carboxylic acids is 1. The van der Waals surface area contributed by atoms with E-state index in [0.29, 0.717) is 24.0 Å². The minimum absolute atomic E-state index is 0.240. The van der Waals surface area contributed by atoms with Gasteiger partial charge in [-0.3, -0.25) is 0 Å². The summed E-state index contributed by atoms with van der Waals surface area (Å²) in [6, 6.07) is 11.1. The summed E-state index contributed by atoms with van der Waals surface area (Å²) in [5.74, 6) is 5.74. The van der Waals surface area contributed by atoms with Gasteiger partial charge in [-0.2, -0.15) is 0 Å². The van der Waals surface area contributed by atoms with Crippen LogP contribution in [0.3, 0.4) is 0 Å². The molecule has 0 radical (unpaired) electrons. The second kappa shape index (κ2) is 12.2. The van der Waals surface area contributed by atoms with Crippen molar-refractivity contribution in [2.75, 3.05) is 13.2 Å². The number of halogens is 3. The topological polar surface area (TPSA) is 55.8 Å². The van der Waals surface area contributed by atoms with Gasteiger partial charge in [0.05, 0.1) is 5.02 Å². The maximum Gasteiger partial charge on any atom is 0.333 e. The third-order valence-electron chi connectivity index (χ3n) is 3.96. The highest BCUT2D eigenvalue weighted by molar-refractivity contribution is 9.11. The molecule has 158 valence electrons. The number of ether oxygens (including phenoxy) is 2. The van der Waals surface area contributed by atoms with Gasteiger partial charge >= 0.3 is 5.97 Å². The zero-order chi connectivity index (χ0) is 22.1. The van der Waals surface area contributed by atoms with Gasteiger partial charge in [0, 0.05) is 27.5 Å². The van der Waals surface area contributed by atoms with Crippen LogP contribution in [0.2, 0.25) is 5.02 Å². The number of carboxylic acid groups (broad SMARTS) is 1. The van der Waals surface area contributed by atoms with Gasteiger partial charge < -0.3 is 14.6 Å². The van der Waals surface area contributed by atoms with E-state index in [1.807, 2.05) is 31.2 Å². The van der Waals surface area contributed by atoms with E-state index in [0.717, 1.165) is 25.6 Å². The summed E-state index contributed by atoms with van der Waals surface area (Å²) >= 11 is 13.2. The molecule has 0 amide bonds. The fourth-order valence-corrected chi connectivity index (χ4v) is 4.08. The zero-order valence-corrected chi connectivity index (χ0v) is 20.5. The second-order valence-electron chi connectivity index (χ2n) is 6.36. The molecule has 0 heterocycles. The van der Waals surface area contributed by atoms with Crippen molar-refractivity contribution in [3.8, 4) is 17.6 Å². The molecule has 2 aromatic rings. The van der Waals surface area contributed by atoms with Crippen molar-refractivity contribution in [3.05, 3.63) is 73.1 Å². The van der Waals surface area contributed by atoms with Crippen LogP contribution in [0, 0.1) is 11.8 Å². The van der Waals surface area contributed by atoms with Crippen LogP contribution >= 0.6 is 43.5 Å². The average molecular weight is 557 g/mol. The van der Waals surface area contributed by atoms with Crippen molar-refractivity contribution >= 4 is 49.4 Å². The molecule has 1 atom stereocenters. The standard InChI is InChI=1S/C23H21Br2ClO4/c1-3-29-22(23(27)28)13-17-6-7-21(20(26)12-17)30-9-8-15(2)4-5-16-10-18(24)14-19(25)11-16/h6-8,10-12,14,22H,3,9,13H2,1-2H3,(H,27,28)/t22-/m0/s1. The highest BCUT2D eigenvalue weighted by atomic mass is 79.9. The number of hydrogen-bond acceptors (Lipinski definition) is 3. The molecule has 0 saturated carbocycles. The van der Waals surface area contributed by atoms with E-state index in [1.54, 1.807) is 25.1 Å². The minimum Gasteiger partial charge on any atom is -0.488 e. The summed E-state index contributed by atoms with van der Waals surface area (Å²) < 4.78 is 12.9. The molecule has 0 saturated heterocycles. The predicted octanol–water partition coefficient (Wildman–Crippen LogP) is 6.27. The van der Waals surface area contributed by atoms with Crippen LogP contribution < -0.4 is 4.74 Å². The normalized spacial score (nSPS) is 12.1. The molecule has 0 spiro atoms. The highest BCUT2D eigenvalue weighted by Gasteiger charge is 2.18. The van der Waals surface area contributed by atoms with Crippen LogP contribution in [0.4, 0.5) is 0 Å². The van der Waals surface area contributed by atoms with Crippen LogP contribution in [0.15, 0.2) is 57.0 Å². The predicted molar refractivity (Wildman–Crippen MR) is 126 cm³/mol. The summed E-state index contributed by atoms with van der Waals surface area (Å²) in [6.07, 6.45) is 1.22. The van der Waals surface area contributed by atoms with E-state index in [9.17, 15) is 9.90 Å². The van der Waals surface area contributed by atoms with E-state index in [1.165, 1.54) is 0 Å². The lowest BCUT2D eigenvalue weighted by Gasteiger charge is -2.13. The third-order valence-corrected chi connectivity index (χ3v) is 5.17. The smallest absolute Gasteiger partial charge is 0.333 e. The number of rotatable bonds is 8. The van der Waals surface area contributed by atoms with Gasteiger partial charge in [-0.15, -0.1) is 0 Å². The van der Waals surface area contributed by atoms with E-state index in [-0.39, 0.29) is 6.42 Å². The van der Waals surface area contributed by atoms with Crippen molar-refractivity contribution in [2.45, 2.75) is 26.4 Å². The molecule has 2 aromatic carbocycles. The average Bonchev–Trinajstić information content (AvgIpc) is 2.67. The Labute approximate surface area is 198 Å². The molecule has 2 rings (SSSR count). The molecule has 0 aliphatic heterocycles. The Kier molecular flexibility index (Phi) is 9.93. The molecular formula is C23H21Br2ClO4. The fourth-order valence-electron chi connectivity index (χ4n) is 2.53. The number of carbonyl (C=O) groups is 1. The molecule has 0 aliphatic rings. The van der Waals surface area contributed by atoms with Gasteiger partial charge in [0.1, 0.15) is 12.4 Å².